The summed E-state index contributed by atoms with van der Waals surface area (Å²) in [6, 6.07) is 0.291. The number of unbranched alkanes of at least 4 members (excludes halogenated alkanes) is 1. The lowest BCUT2D eigenvalue weighted by Crippen LogP contribution is -2.47. The Hall–Kier alpha value is -0.420. The Morgan fingerprint density at radius 1 is 1.33 bits per heavy atom. The number of hydrogen-bond donors (Lipinski definition) is 1. The molecule has 5 heteroatoms. The van der Waals surface area contributed by atoms with Gasteiger partial charge in [0.25, 0.3) is 0 Å². The molecule has 122 valence electrons. The predicted octanol–water partition coefficient (Wildman–Crippen LogP) is 2.26. The van der Waals surface area contributed by atoms with E-state index >= 15 is 0 Å². The molecule has 0 aromatic heterocycles. The van der Waals surface area contributed by atoms with Crippen molar-refractivity contribution in [2.24, 2.45) is 5.92 Å². The molecule has 2 unspecified atom stereocenters. The largest absolute Gasteiger partial charge is 0.323 e. The third-order valence-electron chi connectivity index (χ3n) is 4.57. The van der Waals surface area contributed by atoms with E-state index < -0.39 is 10.8 Å². The maximum absolute atomic E-state index is 12.8. The summed E-state index contributed by atoms with van der Waals surface area (Å²) >= 11 is 0. The molecule has 2 aliphatic heterocycles. The molecule has 0 aromatic rings. The van der Waals surface area contributed by atoms with Crippen LogP contribution in [0.5, 0.6) is 0 Å². The van der Waals surface area contributed by atoms with Crippen molar-refractivity contribution in [2.75, 3.05) is 11.5 Å². The summed E-state index contributed by atoms with van der Waals surface area (Å²) < 4.78 is 11.6. The first-order chi connectivity index (χ1) is 10.0. The van der Waals surface area contributed by atoms with Gasteiger partial charge in [-0.15, -0.1) is 0 Å². The first kappa shape index (κ1) is 16.9. The number of nitrogens with one attached hydrogen (secondary N) is 1. The predicted molar refractivity (Wildman–Crippen MR) is 87.4 cm³/mol. The Bertz CT molecular complexity index is 376. The summed E-state index contributed by atoms with van der Waals surface area (Å²) in [5.74, 6) is 2.36. The highest BCUT2D eigenvalue weighted by Crippen LogP contribution is 2.27. The average Bonchev–Trinajstić information content (AvgIpc) is 2.73. The average molecular weight is 314 g/mol. The molecule has 2 atom stereocenters. The van der Waals surface area contributed by atoms with Crippen molar-refractivity contribution in [3.63, 3.8) is 0 Å². The lowest BCUT2D eigenvalue weighted by molar-refractivity contribution is -0.132. The highest BCUT2D eigenvalue weighted by molar-refractivity contribution is 7.85. The van der Waals surface area contributed by atoms with Gasteiger partial charge in [0.15, 0.2) is 0 Å². The molecule has 0 saturated carbocycles. The summed E-state index contributed by atoms with van der Waals surface area (Å²) in [6.45, 7) is 6.58. The highest BCUT2D eigenvalue weighted by atomic mass is 32.2. The summed E-state index contributed by atoms with van der Waals surface area (Å²) in [5, 5.41) is 3.57. The summed E-state index contributed by atoms with van der Waals surface area (Å²) in [4.78, 5) is 14.9. The van der Waals surface area contributed by atoms with Gasteiger partial charge in [-0.05, 0) is 31.6 Å². The van der Waals surface area contributed by atoms with E-state index in [1.807, 2.05) is 0 Å². The van der Waals surface area contributed by atoms with Gasteiger partial charge in [-0.3, -0.25) is 14.3 Å². The molecule has 1 N–H and O–H groups in total. The molecule has 2 fully saturated rings. The van der Waals surface area contributed by atoms with Gasteiger partial charge in [-0.2, -0.15) is 0 Å². The number of hydrogen-bond acceptors (Lipinski definition) is 3. The molecular formula is C16H30N2O2S. The van der Waals surface area contributed by atoms with Crippen LogP contribution in [0.4, 0.5) is 0 Å². The molecule has 1 amide bonds. The maximum atomic E-state index is 12.8. The van der Waals surface area contributed by atoms with E-state index in [1.54, 1.807) is 0 Å². The van der Waals surface area contributed by atoms with Crippen LogP contribution in [0.2, 0.25) is 0 Å². The van der Waals surface area contributed by atoms with Crippen molar-refractivity contribution in [3.8, 4) is 0 Å². The number of nitrogens with zero attached hydrogens (tertiary/aromatic N) is 1. The second-order valence-corrected chi connectivity index (χ2v) is 8.53. The molecule has 21 heavy (non-hydrogen) atoms. The van der Waals surface area contributed by atoms with Gasteiger partial charge in [-0.1, -0.05) is 33.6 Å². The minimum absolute atomic E-state index is 0.00104. The molecule has 0 aromatic carbocycles. The molecule has 0 bridgehead atoms. The second-order valence-electron chi connectivity index (χ2n) is 6.83. The SMILES string of the molecule is CCCCC1NC(CC(C)C)N(C2CCS(=O)CC2)C1=O. The summed E-state index contributed by atoms with van der Waals surface area (Å²) in [7, 11) is -0.666. The van der Waals surface area contributed by atoms with Crippen LogP contribution in [-0.4, -0.2) is 44.8 Å². The molecule has 2 saturated heterocycles. The van der Waals surface area contributed by atoms with Gasteiger partial charge in [0.2, 0.25) is 5.91 Å². The number of amides is 1. The fourth-order valence-electron chi connectivity index (χ4n) is 3.45. The van der Waals surface area contributed by atoms with Gasteiger partial charge in [-0.25, -0.2) is 0 Å². The first-order valence-electron chi connectivity index (χ1n) is 8.46. The highest BCUT2D eigenvalue weighted by Gasteiger charge is 2.42. The zero-order valence-corrected chi connectivity index (χ0v) is 14.5. The van der Waals surface area contributed by atoms with Gasteiger partial charge in [0.05, 0.1) is 12.2 Å². The zero-order valence-electron chi connectivity index (χ0n) is 13.6. The van der Waals surface area contributed by atoms with Crippen LogP contribution in [0.25, 0.3) is 0 Å². The minimum atomic E-state index is -0.666. The molecule has 2 aliphatic rings. The Kier molecular flexibility index (Phi) is 6.23. The number of carbonyl (C=O) groups excluding carboxylic acids is 1. The molecule has 2 heterocycles. The smallest absolute Gasteiger partial charge is 0.241 e. The van der Waals surface area contributed by atoms with Gasteiger partial charge >= 0.3 is 0 Å². The third kappa shape index (κ3) is 4.28. The lowest BCUT2D eigenvalue weighted by atomic mass is 10.0. The van der Waals surface area contributed by atoms with Crippen molar-refractivity contribution in [1.82, 2.24) is 10.2 Å². The van der Waals surface area contributed by atoms with E-state index in [9.17, 15) is 9.00 Å². The fourth-order valence-corrected chi connectivity index (χ4v) is 4.73. The van der Waals surface area contributed by atoms with E-state index in [4.69, 9.17) is 0 Å². The number of carbonyl (C=O) groups is 1. The number of rotatable bonds is 6. The summed E-state index contributed by atoms with van der Waals surface area (Å²) in [6.07, 6.45) is 6.15. The standard InChI is InChI=1S/C16H30N2O2S/c1-4-5-6-14-16(19)18(15(17-14)11-12(2)3)13-7-9-21(20)10-8-13/h12-15,17H,4-11H2,1-3H3. The topological polar surface area (TPSA) is 49.4 Å². The first-order valence-corrected chi connectivity index (χ1v) is 9.95. The second kappa shape index (κ2) is 7.73. The van der Waals surface area contributed by atoms with E-state index in [2.05, 4.69) is 31.0 Å². The minimum Gasteiger partial charge on any atom is -0.323 e. The normalized spacial score (nSPS) is 33.9. The monoisotopic (exact) mass is 314 g/mol. The molecule has 0 radical (unpaired) electrons. The van der Waals surface area contributed by atoms with E-state index in [-0.39, 0.29) is 24.2 Å². The van der Waals surface area contributed by atoms with Crippen molar-refractivity contribution in [1.29, 1.82) is 0 Å². The van der Waals surface area contributed by atoms with Gasteiger partial charge in [0.1, 0.15) is 0 Å². The third-order valence-corrected chi connectivity index (χ3v) is 5.96. The van der Waals surface area contributed by atoms with Crippen LogP contribution in [0.15, 0.2) is 0 Å². The van der Waals surface area contributed by atoms with E-state index in [0.29, 0.717) is 5.92 Å². The Balaban J connectivity index is 2.05. The molecule has 0 spiro atoms. The summed E-state index contributed by atoms with van der Waals surface area (Å²) in [5.41, 5.74) is 0. The quantitative estimate of drug-likeness (QED) is 0.818. The fraction of sp³-hybridized carbons (Fsp3) is 0.938. The molecule has 0 aliphatic carbocycles. The van der Waals surface area contributed by atoms with Crippen LogP contribution in [0.3, 0.4) is 0 Å². The molecule has 2 rings (SSSR count). The van der Waals surface area contributed by atoms with Crippen LogP contribution in [0, 0.1) is 5.92 Å². The van der Waals surface area contributed by atoms with E-state index in [0.717, 1.165) is 50.0 Å². The molecule has 4 nitrogen and oxygen atoms in total. The molecular weight excluding hydrogens is 284 g/mol. The van der Waals surface area contributed by atoms with Crippen molar-refractivity contribution in [3.05, 3.63) is 0 Å². The van der Waals surface area contributed by atoms with Gasteiger partial charge in [0, 0.05) is 28.3 Å². The van der Waals surface area contributed by atoms with Crippen molar-refractivity contribution in [2.45, 2.75) is 77.5 Å². The van der Waals surface area contributed by atoms with Gasteiger partial charge < -0.3 is 4.90 Å². The van der Waals surface area contributed by atoms with Crippen molar-refractivity contribution >= 4 is 16.7 Å². The Labute approximate surface area is 131 Å². The Morgan fingerprint density at radius 3 is 2.57 bits per heavy atom. The van der Waals surface area contributed by atoms with E-state index in [1.165, 1.54) is 0 Å². The van der Waals surface area contributed by atoms with Crippen LogP contribution in [-0.2, 0) is 15.6 Å². The lowest BCUT2D eigenvalue weighted by Gasteiger charge is -2.35. The van der Waals surface area contributed by atoms with Crippen LogP contribution < -0.4 is 5.32 Å². The van der Waals surface area contributed by atoms with Crippen LogP contribution >= 0.6 is 0 Å². The zero-order chi connectivity index (χ0) is 15.4. The van der Waals surface area contributed by atoms with Crippen molar-refractivity contribution < 1.29 is 9.00 Å². The maximum Gasteiger partial charge on any atom is 0.241 e. The Morgan fingerprint density at radius 2 is 2.00 bits per heavy atom. The van der Waals surface area contributed by atoms with Crippen LogP contribution in [0.1, 0.15) is 59.3 Å².